The van der Waals surface area contributed by atoms with Crippen molar-refractivity contribution in [3.05, 3.63) is 0 Å². The molecule has 3 aliphatic carbocycles. The maximum atomic E-state index is 13.2. The number of rotatable bonds is 4. The van der Waals surface area contributed by atoms with Gasteiger partial charge >= 0.3 is 23.9 Å². The summed E-state index contributed by atoms with van der Waals surface area (Å²) in [5.74, 6) is -7.87. The number of ketones is 1. The van der Waals surface area contributed by atoms with Crippen molar-refractivity contribution in [1.29, 1.82) is 0 Å². The lowest BCUT2D eigenvalue weighted by atomic mass is 9.94. The molecule has 9 heteroatoms. The van der Waals surface area contributed by atoms with Gasteiger partial charge in [-0.3, -0.25) is 24.0 Å². The van der Waals surface area contributed by atoms with Gasteiger partial charge in [0.15, 0.2) is 10.8 Å². The number of hydrogen-bond donors (Lipinski definition) is 0. The first kappa shape index (κ1) is 22.2. The Balaban J connectivity index is 2.06. The lowest BCUT2D eigenvalue weighted by molar-refractivity contribution is -0.180. The van der Waals surface area contributed by atoms with Crippen molar-refractivity contribution in [2.75, 3.05) is 14.2 Å². The van der Waals surface area contributed by atoms with Gasteiger partial charge in [-0.05, 0) is 41.5 Å². The van der Waals surface area contributed by atoms with Crippen molar-refractivity contribution in [2.45, 2.75) is 52.7 Å². The molecule has 3 saturated carbocycles. The fraction of sp³-hybridized carbons (Fsp3) is 0.762. The molecule has 3 fully saturated rings. The Hall–Kier alpha value is -2.45. The van der Waals surface area contributed by atoms with Gasteiger partial charge in [0.25, 0.3) is 0 Å². The lowest BCUT2D eigenvalue weighted by Gasteiger charge is -2.27. The highest BCUT2D eigenvalue weighted by Crippen LogP contribution is 2.84. The first-order valence-corrected chi connectivity index (χ1v) is 9.79. The largest absolute Gasteiger partial charge is 0.468 e. The van der Waals surface area contributed by atoms with Gasteiger partial charge in [-0.25, -0.2) is 0 Å². The molecule has 0 aromatic heterocycles. The van der Waals surface area contributed by atoms with Crippen LogP contribution in [0.3, 0.4) is 0 Å². The number of Topliss-reactive ketones (excluding diaryl/α,β-unsaturated/α-hetero) is 1. The van der Waals surface area contributed by atoms with Crippen LogP contribution in [0.4, 0.5) is 0 Å². The minimum atomic E-state index is -1.89. The molecule has 0 aromatic carbocycles. The van der Waals surface area contributed by atoms with Crippen molar-refractivity contribution in [1.82, 2.24) is 0 Å². The second-order valence-electron chi connectivity index (χ2n) is 10.1. The van der Waals surface area contributed by atoms with Crippen LogP contribution in [0.25, 0.3) is 0 Å². The third kappa shape index (κ3) is 2.70. The van der Waals surface area contributed by atoms with E-state index in [1.165, 1.54) is 0 Å². The summed E-state index contributed by atoms with van der Waals surface area (Å²) >= 11 is 0. The van der Waals surface area contributed by atoms with Gasteiger partial charge in [0, 0.05) is 11.8 Å². The maximum absolute atomic E-state index is 13.2. The number of ether oxygens (including phenoxy) is 4. The van der Waals surface area contributed by atoms with Gasteiger partial charge in [-0.1, -0.05) is 0 Å². The zero-order chi connectivity index (χ0) is 23.0. The number of methoxy groups -OCH3 is 2. The molecule has 0 spiro atoms. The Morgan fingerprint density at radius 3 is 1.23 bits per heavy atom. The van der Waals surface area contributed by atoms with E-state index in [-0.39, 0.29) is 0 Å². The van der Waals surface area contributed by atoms with Crippen LogP contribution in [-0.2, 0) is 42.9 Å². The summed E-state index contributed by atoms with van der Waals surface area (Å²) in [7, 11) is 2.20. The van der Waals surface area contributed by atoms with E-state index < -0.39 is 75.4 Å². The van der Waals surface area contributed by atoms with Crippen LogP contribution in [0.1, 0.15) is 41.5 Å². The SMILES string of the molecule is COC(=O)C1(C(=O)OC)C2C(=O)C3C(C21)C3(C(=O)OC(C)(C)C)C(=O)OC(C)(C)C. The molecule has 0 heterocycles. The smallest absolute Gasteiger partial charge is 0.325 e. The maximum Gasteiger partial charge on any atom is 0.325 e. The molecule has 3 rings (SSSR count). The summed E-state index contributed by atoms with van der Waals surface area (Å²) < 4.78 is 20.5. The number of carbonyl (C=O) groups is 5. The third-order valence-corrected chi connectivity index (χ3v) is 6.05. The fourth-order valence-electron chi connectivity index (χ4n) is 5.09. The molecule has 0 aliphatic heterocycles. The zero-order valence-corrected chi connectivity index (χ0v) is 18.5. The molecule has 4 atom stereocenters. The van der Waals surface area contributed by atoms with Crippen molar-refractivity contribution in [2.24, 2.45) is 34.5 Å². The number of hydrogen-bond acceptors (Lipinski definition) is 9. The molecule has 166 valence electrons. The van der Waals surface area contributed by atoms with Crippen LogP contribution < -0.4 is 0 Å². The highest BCUT2D eigenvalue weighted by molar-refractivity contribution is 6.20. The molecular formula is C21H28O9. The summed E-state index contributed by atoms with van der Waals surface area (Å²) in [4.78, 5) is 64.6. The van der Waals surface area contributed by atoms with Crippen LogP contribution in [-0.4, -0.2) is 55.1 Å². The Kier molecular flexibility index (Phi) is 4.65. The normalized spacial score (nSPS) is 29.8. The Labute approximate surface area is 174 Å². The molecule has 0 aromatic rings. The van der Waals surface area contributed by atoms with E-state index >= 15 is 0 Å². The van der Waals surface area contributed by atoms with Gasteiger partial charge in [0.05, 0.1) is 26.1 Å². The highest BCUT2D eigenvalue weighted by atomic mass is 16.6. The molecule has 0 saturated heterocycles. The number of fused-ring (bicyclic) bond motifs is 3. The minimum Gasteiger partial charge on any atom is -0.468 e. The van der Waals surface area contributed by atoms with Crippen molar-refractivity contribution >= 4 is 29.7 Å². The van der Waals surface area contributed by atoms with Crippen LogP contribution in [0.5, 0.6) is 0 Å². The quantitative estimate of drug-likeness (QED) is 0.370. The molecule has 9 nitrogen and oxygen atoms in total. The average Bonchev–Trinajstić information content (AvgIpc) is 3.43. The zero-order valence-electron chi connectivity index (χ0n) is 18.5. The van der Waals surface area contributed by atoms with Crippen LogP contribution in [0, 0.1) is 34.5 Å². The van der Waals surface area contributed by atoms with E-state index in [1.54, 1.807) is 41.5 Å². The fourth-order valence-corrected chi connectivity index (χ4v) is 5.09. The van der Waals surface area contributed by atoms with E-state index in [0.717, 1.165) is 14.2 Å². The predicted octanol–water partition coefficient (Wildman–Crippen LogP) is 1.06. The molecule has 0 radical (unpaired) electrons. The van der Waals surface area contributed by atoms with E-state index in [1.807, 2.05) is 0 Å². The standard InChI is InChI=1S/C21H28O9/c1-18(2,3)29-16(25)21(17(26)30-19(4,5)6)10-9-11(13(22)12(10)21)20(9,14(23)27-7)15(24)28-8/h9-12H,1-8H3. The van der Waals surface area contributed by atoms with Crippen LogP contribution >= 0.6 is 0 Å². The number of esters is 4. The Bertz CT molecular complexity index is 798. The molecule has 0 amide bonds. The first-order valence-electron chi connectivity index (χ1n) is 9.79. The van der Waals surface area contributed by atoms with Crippen molar-refractivity contribution < 1.29 is 42.9 Å². The van der Waals surface area contributed by atoms with Gasteiger partial charge < -0.3 is 18.9 Å². The van der Waals surface area contributed by atoms with Gasteiger partial charge in [-0.2, -0.15) is 0 Å². The molecule has 4 unspecified atom stereocenters. The minimum absolute atomic E-state index is 0.516. The molecular weight excluding hydrogens is 396 g/mol. The second kappa shape index (κ2) is 6.28. The monoisotopic (exact) mass is 424 g/mol. The second-order valence-corrected chi connectivity index (χ2v) is 10.1. The van der Waals surface area contributed by atoms with Gasteiger partial charge in [0.1, 0.15) is 17.0 Å². The van der Waals surface area contributed by atoms with E-state index in [9.17, 15) is 24.0 Å². The lowest BCUT2D eigenvalue weighted by Crippen LogP contribution is -2.42. The van der Waals surface area contributed by atoms with Gasteiger partial charge in [-0.15, -0.1) is 0 Å². The summed E-state index contributed by atoms with van der Waals surface area (Å²) in [6.45, 7) is 9.84. The predicted molar refractivity (Wildman–Crippen MR) is 99.6 cm³/mol. The van der Waals surface area contributed by atoms with Crippen molar-refractivity contribution in [3.63, 3.8) is 0 Å². The van der Waals surface area contributed by atoms with E-state index in [0.29, 0.717) is 0 Å². The van der Waals surface area contributed by atoms with E-state index in [2.05, 4.69) is 0 Å². The summed E-state index contributed by atoms with van der Waals surface area (Å²) in [6, 6.07) is 0. The average molecular weight is 424 g/mol. The number of carbonyl (C=O) groups excluding carboxylic acids is 5. The molecule has 30 heavy (non-hydrogen) atoms. The van der Waals surface area contributed by atoms with Crippen LogP contribution in [0.2, 0.25) is 0 Å². The third-order valence-electron chi connectivity index (χ3n) is 6.05. The summed E-state index contributed by atoms with van der Waals surface area (Å²) in [5.41, 5.74) is -5.57. The van der Waals surface area contributed by atoms with Gasteiger partial charge in [0.2, 0.25) is 0 Å². The highest BCUT2D eigenvalue weighted by Gasteiger charge is 2.98. The summed E-state index contributed by atoms with van der Waals surface area (Å²) in [5, 5.41) is 0. The van der Waals surface area contributed by atoms with E-state index in [4.69, 9.17) is 18.9 Å². The molecule has 0 N–H and O–H groups in total. The van der Waals surface area contributed by atoms with Crippen molar-refractivity contribution in [3.8, 4) is 0 Å². The summed E-state index contributed by atoms with van der Waals surface area (Å²) in [6.07, 6.45) is 0. The topological polar surface area (TPSA) is 122 Å². The Morgan fingerprint density at radius 1 is 0.667 bits per heavy atom. The first-order chi connectivity index (χ1) is 13.6. The Morgan fingerprint density at radius 2 is 0.967 bits per heavy atom. The van der Waals surface area contributed by atoms with Crippen LogP contribution in [0.15, 0.2) is 0 Å². The molecule has 0 bridgehead atoms. The molecule has 3 aliphatic rings.